The number of rotatable bonds is 4. The first-order chi connectivity index (χ1) is 19.4. The van der Waals surface area contributed by atoms with Gasteiger partial charge < -0.3 is 19.9 Å². The van der Waals surface area contributed by atoms with E-state index in [1.807, 2.05) is 31.2 Å². The van der Waals surface area contributed by atoms with Crippen molar-refractivity contribution < 1.29 is 19.4 Å². The van der Waals surface area contributed by atoms with Crippen LogP contribution in [0.3, 0.4) is 0 Å². The number of nitrogens with zero attached hydrogens (tertiary/aromatic N) is 1. The van der Waals surface area contributed by atoms with Gasteiger partial charge >= 0.3 is 5.69 Å². The van der Waals surface area contributed by atoms with Gasteiger partial charge in [0.15, 0.2) is 6.23 Å². The molecule has 40 heavy (non-hydrogen) atoms. The van der Waals surface area contributed by atoms with Gasteiger partial charge in [-0.15, -0.1) is 0 Å². The predicted octanol–water partition coefficient (Wildman–Crippen LogP) is 2.65. The van der Waals surface area contributed by atoms with Crippen LogP contribution in [0.2, 0.25) is 0 Å². The van der Waals surface area contributed by atoms with Gasteiger partial charge in [0.05, 0.1) is 13.2 Å². The van der Waals surface area contributed by atoms with E-state index in [1.54, 1.807) is 6.07 Å². The van der Waals surface area contributed by atoms with E-state index in [2.05, 4.69) is 46.4 Å². The Labute approximate surface area is 227 Å². The number of ether oxygens (including phenoxy) is 2. The standard InChI is InChI=1S/C31H25N3O6/c1-2-31-16-39-25(26(31)35)29(40-31)34-15-20(27(36)33-30(34)38)7-4-14-32-28(37)22-13-11-19-9-8-17-5-3-6-18-10-12-21(22)24(19)23(17)18/h3,5-6,8-13,15,25-26,29,35H,2,14,16H2,1H3,(H,32,37)(H,33,36,38)/t25?,26-,29+,31+/m0/s1. The molecule has 7 rings (SSSR count). The summed E-state index contributed by atoms with van der Waals surface area (Å²) in [5.41, 5.74) is -1.65. The Morgan fingerprint density at radius 1 is 1.10 bits per heavy atom. The van der Waals surface area contributed by atoms with Gasteiger partial charge in [-0.3, -0.25) is 19.1 Å². The van der Waals surface area contributed by atoms with E-state index in [4.69, 9.17) is 9.47 Å². The maximum absolute atomic E-state index is 13.2. The van der Waals surface area contributed by atoms with Gasteiger partial charge in [-0.25, -0.2) is 4.79 Å². The number of carbonyl (C=O) groups excluding carboxylic acids is 1. The molecule has 0 radical (unpaired) electrons. The normalized spacial score (nSPS) is 23.6. The molecular weight excluding hydrogens is 510 g/mol. The van der Waals surface area contributed by atoms with Crippen LogP contribution >= 0.6 is 0 Å². The molecule has 5 aromatic rings. The molecule has 9 heteroatoms. The zero-order valence-corrected chi connectivity index (χ0v) is 21.6. The molecule has 1 unspecified atom stereocenters. The molecule has 4 aromatic carbocycles. The fourth-order valence-corrected chi connectivity index (χ4v) is 6.03. The van der Waals surface area contributed by atoms with Gasteiger partial charge in [-0.1, -0.05) is 67.3 Å². The molecule has 2 aliphatic heterocycles. The van der Waals surface area contributed by atoms with Crippen LogP contribution < -0.4 is 16.6 Å². The SMILES string of the molecule is CC[C@]12COC([C@H](n3cc(C#CCNC(=O)c4ccc5ccc6cccc7ccc4c5c67)c(=O)[nH]c3=O)O1)[C@@H]2O. The van der Waals surface area contributed by atoms with E-state index in [0.29, 0.717) is 12.0 Å². The van der Waals surface area contributed by atoms with E-state index >= 15 is 0 Å². The molecule has 2 saturated heterocycles. The lowest BCUT2D eigenvalue weighted by atomic mass is 9.92. The largest absolute Gasteiger partial charge is 0.387 e. The van der Waals surface area contributed by atoms with Gasteiger partial charge in [0, 0.05) is 11.8 Å². The van der Waals surface area contributed by atoms with Gasteiger partial charge in [-0.05, 0) is 44.8 Å². The van der Waals surface area contributed by atoms with Gasteiger partial charge in [0.1, 0.15) is 23.4 Å². The molecule has 200 valence electrons. The van der Waals surface area contributed by atoms with Gasteiger partial charge in [0.25, 0.3) is 11.5 Å². The molecular formula is C31H25N3O6. The third-order valence-electron chi connectivity index (χ3n) is 8.18. The molecule has 4 atom stereocenters. The van der Waals surface area contributed by atoms with Crippen molar-refractivity contribution in [3.05, 3.63) is 92.8 Å². The lowest BCUT2D eigenvalue weighted by molar-refractivity contribution is -0.175. The Morgan fingerprint density at radius 3 is 2.58 bits per heavy atom. The summed E-state index contributed by atoms with van der Waals surface area (Å²) >= 11 is 0. The zero-order chi connectivity index (χ0) is 27.6. The number of aliphatic hydroxyl groups excluding tert-OH is 1. The van der Waals surface area contributed by atoms with E-state index in [-0.39, 0.29) is 24.6 Å². The summed E-state index contributed by atoms with van der Waals surface area (Å²) in [6.07, 6.45) is -0.679. The van der Waals surface area contributed by atoms with Crippen molar-refractivity contribution >= 4 is 38.2 Å². The highest BCUT2D eigenvalue weighted by molar-refractivity contribution is 6.26. The van der Waals surface area contributed by atoms with E-state index in [9.17, 15) is 19.5 Å². The highest BCUT2D eigenvalue weighted by Crippen LogP contribution is 2.46. The molecule has 3 heterocycles. The lowest BCUT2D eigenvalue weighted by Crippen LogP contribution is -2.41. The number of aliphatic hydroxyl groups is 1. The number of hydrogen-bond acceptors (Lipinski definition) is 6. The van der Waals surface area contributed by atoms with E-state index < -0.39 is 35.3 Å². The maximum Gasteiger partial charge on any atom is 0.330 e. The number of aromatic amines is 1. The second-order valence-corrected chi connectivity index (χ2v) is 10.3. The number of amides is 1. The summed E-state index contributed by atoms with van der Waals surface area (Å²) in [4.78, 5) is 40.4. The van der Waals surface area contributed by atoms with Crippen LogP contribution in [-0.2, 0) is 9.47 Å². The molecule has 3 N–H and O–H groups in total. The Kier molecular flexibility index (Phi) is 5.54. The van der Waals surface area contributed by atoms with Crippen molar-refractivity contribution in [3.8, 4) is 11.8 Å². The summed E-state index contributed by atoms with van der Waals surface area (Å²) in [7, 11) is 0. The average Bonchev–Trinajstić information content (AvgIpc) is 3.44. The van der Waals surface area contributed by atoms with Crippen molar-refractivity contribution in [1.82, 2.24) is 14.9 Å². The predicted molar refractivity (Wildman–Crippen MR) is 150 cm³/mol. The van der Waals surface area contributed by atoms with Crippen molar-refractivity contribution in [3.63, 3.8) is 0 Å². The van der Waals surface area contributed by atoms with E-state index in [0.717, 1.165) is 32.3 Å². The zero-order valence-electron chi connectivity index (χ0n) is 21.6. The maximum atomic E-state index is 13.2. The van der Waals surface area contributed by atoms with E-state index in [1.165, 1.54) is 10.8 Å². The Hall–Kier alpha value is -4.49. The molecule has 1 aromatic heterocycles. The second-order valence-electron chi connectivity index (χ2n) is 10.3. The molecule has 0 spiro atoms. The number of fused-ring (bicyclic) bond motifs is 2. The number of aromatic nitrogens is 2. The van der Waals surface area contributed by atoms with Crippen molar-refractivity contribution in [2.45, 2.75) is 37.4 Å². The minimum atomic E-state index is -0.886. The van der Waals surface area contributed by atoms with Crippen LogP contribution in [0.5, 0.6) is 0 Å². The van der Waals surface area contributed by atoms with Crippen molar-refractivity contribution in [2.75, 3.05) is 13.2 Å². The summed E-state index contributed by atoms with van der Waals surface area (Å²) in [6, 6.07) is 18.0. The number of H-pyrrole nitrogens is 1. The van der Waals surface area contributed by atoms with Crippen LogP contribution in [-0.4, -0.2) is 51.5 Å². The highest BCUT2D eigenvalue weighted by Gasteiger charge is 2.60. The molecule has 0 aliphatic carbocycles. The number of hydrogen-bond donors (Lipinski definition) is 3. The first-order valence-corrected chi connectivity index (χ1v) is 13.2. The van der Waals surface area contributed by atoms with Gasteiger partial charge in [0.2, 0.25) is 0 Å². The van der Waals surface area contributed by atoms with Crippen LogP contribution in [0.1, 0.15) is 35.5 Å². The summed E-state index contributed by atoms with van der Waals surface area (Å²) in [5.74, 6) is 5.26. The first-order valence-electron chi connectivity index (χ1n) is 13.2. The smallest absolute Gasteiger partial charge is 0.330 e. The summed E-state index contributed by atoms with van der Waals surface area (Å²) in [6.45, 7) is 2.10. The Morgan fingerprint density at radius 2 is 1.82 bits per heavy atom. The van der Waals surface area contributed by atoms with Crippen LogP contribution in [0.4, 0.5) is 0 Å². The number of benzene rings is 4. The van der Waals surface area contributed by atoms with Crippen LogP contribution in [0.15, 0.2) is 70.4 Å². The third-order valence-corrected chi connectivity index (χ3v) is 8.18. The molecule has 1 amide bonds. The molecule has 2 fully saturated rings. The summed E-state index contributed by atoms with van der Waals surface area (Å²) < 4.78 is 12.9. The molecule has 0 saturated carbocycles. The fraction of sp³-hybridized carbons (Fsp3) is 0.258. The van der Waals surface area contributed by atoms with Gasteiger partial charge in [-0.2, -0.15) is 0 Å². The minimum absolute atomic E-state index is 0.0112. The highest BCUT2D eigenvalue weighted by atomic mass is 16.6. The van der Waals surface area contributed by atoms with Crippen LogP contribution in [0.25, 0.3) is 32.3 Å². The quantitative estimate of drug-likeness (QED) is 0.240. The number of carbonyl (C=O) groups is 1. The Bertz CT molecular complexity index is 1980. The lowest BCUT2D eigenvalue weighted by Gasteiger charge is -2.30. The van der Waals surface area contributed by atoms with Crippen LogP contribution in [0, 0.1) is 11.8 Å². The topological polar surface area (TPSA) is 123 Å². The minimum Gasteiger partial charge on any atom is -0.387 e. The molecule has 9 nitrogen and oxygen atoms in total. The average molecular weight is 536 g/mol. The summed E-state index contributed by atoms with van der Waals surface area (Å²) in [5, 5.41) is 19.7. The van der Waals surface area contributed by atoms with Crippen molar-refractivity contribution in [2.24, 2.45) is 0 Å². The first kappa shape index (κ1) is 24.5. The monoisotopic (exact) mass is 535 g/mol. The fourth-order valence-electron chi connectivity index (χ4n) is 6.03. The Balaban J connectivity index is 1.14. The third kappa shape index (κ3) is 3.58. The molecule has 2 aliphatic rings. The van der Waals surface area contributed by atoms with Crippen molar-refractivity contribution in [1.29, 1.82) is 0 Å². The molecule has 2 bridgehead atoms. The second kappa shape index (κ2) is 9.03. The number of nitrogens with one attached hydrogen (secondary N) is 2.